The van der Waals surface area contributed by atoms with Crippen LogP contribution in [0.5, 0.6) is 0 Å². The standard InChI is InChI=1S/C26H25Cl2F2N5O2S/c1-4-21(36)35-12(2)8-33(9-13(35)3)25-16-6-18(28)22(15-5-17(27)20(30)7-19(15)29)24-23(16)34(26(37)32-25)10-14(31)11-38-24/h4-7,12-14H,1,8-11,31H2,2-3H3/t12-,13+,14?. The van der Waals surface area contributed by atoms with Gasteiger partial charge in [-0.3, -0.25) is 9.36 Å². The molecule has 3 aromatic rings. The van der Waals surface area contributed by atoms with Gasteiger partial charge in [-0.15, -0.1) is 11.8 Å². The maximum absolute atomic E-state index is 15.1. The number of halogens is 4. The fourth-order valence-corrected chi connectivity index (χ4v) is 7.12. The molecule has 7 nitrogen and oxygen atoms in total. The van der Waals surface area contributed by atoms with E-state index in [1.807, 2.05) is 18.7 Å². The Morgan fingerprint density at radius 2 is 1.82 bits per heavy atom. The van der Waals surface area contributed by atoms with Gasteiger partial charge in [-0.25, -0.2) is 13.6 Å². The molecule has 1 aromatic heterocycles. The second kappa shape index (κ2) is 10.1. The summed E-state index contributed by atoms with van der Waals surface area (Å²) in [4.78, 5) is 34.5. The molecule has 1 amide bonds. The fraction of sp³-hybridized carbons (Fsp3) is 0.346. The van der Waals surface area contributed by atoms with Crippen LogP contribution in [-0.4, -0.2) is 57.3 Å². The molecule has 1 fully saturated rings. The van der Waals surface area contributed by atoms with Crippen molar-refractivity contribution in [1.82, 2.24) is 14.5 Å². The molecular weight excluding hydrogens is 555 g/mol. The zero-order chi connectivity index (χ0) is 27.5. The molecule has 0 saturated carbocycles. The van der Waals surface area contributed by atoms with Crippen LogP contribution in [0.3, 0.4) is 0 Å². The van der Waals surface area contributed by atoms with Gasteiger partial charge in [0.15, 0.2) is 0 Å². The van der Waals surface area contributed by atoms with E-state index >= 15 is 4.39 Å². The van der Waals surface area contributed by atoms with Crippen LogP contribution in [0.2, 0.25) is 10.0 Å². The third-order valence-corrected chi connectivity index (χ3v) is 8.80. The molecule has 2 aliphatic rings. The van der Waals surface area contributed by atoms with Gasteiger partial charge in [-0.05, 0) is 32.1 Å². The normalized spacial score (nSPS) is 21.5. The van der Waals surface area contributed by atoms with Gasteiger partial charge in [-0.1, -0.05) is 29.8 Å². The first-order valence-corrected chi connectivity index (χ1v) is 13.8. The van der Waals surface area contributed by atoms with Crippen LogP contribution >= 0.6 is 35.0 Å². The topological polar surface area (TPSA) is 84.5 Å². The molecule has 3 atom stereocenters. The van der Waals surface area contributed by atoms with Crippen molar-refractivity contribution in [2.24, 2.45) is 5.73 Å². The van der Waals surface area contributed by atoms with Gasteiger partial charge < -0.3 is 15.5 Å². The smallest absolute Gasteiger partial charge is 0.350 e. The van der Waals surface area contributed by atoms with E-state index in [0.717, 1.165) is 6.07 Å². The van der Waals surface area contributed by atoms with Crippen LogP contribution in [0, 0.1) is 11.6 Å². The maximum atomic E-state index is 15.1. The third kappa shape index (κ3) is 4.47. The number of anilines is 1. The zero-order valence-electron chi connectivity index (χ0n) is 20.7. The molecule has 1 saturated heterocycles. The minimum absolute atomic E-state index is 0.0254. The minimum Gasteiger partial charge on any atom is -0.352 e. The summed E-state index contributed by atoms with van der Waals surface area (Å²) >= 11 is 14.2. The van der Waals surface area contributed by atoms with E-state index in [1.165, 1.54) is 28.5 Å². The van der Waals surface area contributed by atoms with Gasteiger partial charge >= 0.3 is 5.69 Å². The highest BCUT2D eigenvalue weighted by molar-refractivity contribution is 7.99. The summed E-state index contributed by atoms with van der Waals surface area (Å²) in [5, 5.41) is 0.557. The molecule has 2 aromatic carbocycles. The van der Waals surface area contributed by atoms with Crippen LogP contribution in [0.4, 0.5) is 14.6 Å². The van der Waals surface area contributed by atoms with E-state index in [2.05, 4.69) is 11.6 Å². The molecule has 5 rings (SSSR count). The maximum Gasteiger partial charge on any atom is 0.350 e. The number of piperazine rings is 1. The number of hydrogen-bond acceptors (Lipinski definition) is 6. The summed E-state index contributed by atoms with van der Waals surface area (Å²) in [5.74, 6) is -1.01. The van der Waals surface area contributed by atoms with E-state index in [-0.39, 0.29) is 46.2 Å². The first-order valence-electron chi connectivity index (χ1n) is 12.0. The first kappa shape index (κ1) is 26.9. The summed E-state index contributed by atoms with van der Waals surface area (Å²) in [6.07, 6.45) is 1.29. The van der Waals surface area contributed by atoms with Crippen molar-refractivity contribution >= 4 is 57.6 Å². The van der Waals surface area contributed by atoms with Crippen molar-refractivity contribution in [1.29, 1.82) is 0 Å². The van der Waals surface area contributed by atoms with E-state index in [0.29, 0.717) is 46.0 Å². The summed E-state index contributed by atoms with van der Waals surface area (Å²) in [5.41, 5.74) is 6.66. The highest BCUT2D eigenvalue weighted by atomic mass is 35.5. The molecule has 1 unspecified atom stereocenters. The number of benzene rings is 2. The lowest BCUT2D eigenvalue weighted by Crippen LogP contribution is -2.58. The van der Waals surface area contributed by atoms with Crippen LogP contribution in [0.1, 0.15) is 13.8 Å². The second-order valence-electron chi connectivity index (χ2n) is 9.66. The number of nitrogens with zero attached hydrogens (tertiary/aromatic N) is 4. The Balaban J connectivity index is 1.76. The van der Waals surface area contributed by atoms with Crippen LogP contribution in [0.25, 0.3) is 22.0 Å². The molecular formula is C26H25Cl2F2N5O2S. The summed E-state index contributed by atoms with van der Waals surface area (Å²) in [7, 11) is 0. The van der Waals surface area contributed by atoms with Gasteiger partial charge in [0.1, 0.15) is 17.5 Å². The van der Waals surface area contributed by atoms with Crippen LogP contribution < -0.4 is 16.3 Å². The molecule has 0 aliphatic carbocycles. The molecule has 200 valence electrons. The van der Waals surface area contributed by atoms with E-state index < -0.39 is 17.3 Å². The van der Waals surface area contributed by atoms with Crippen LogP contribution in [-0.2, 0) is 11.3 Å². The SMILES string of the molecule is C=CC(=O)N1[C@H](C)CN(c2nc(=O)n3c4c(c(-c5cc(Cl)c(F)cc5F)c(Cl)cc24)SCC(N)C3)C[C@@H]1C. The number of carbonyl (C=O) groups excluding carboxylic acids is 1. The summed E-state index contributed by atoms with van der Waals surface area (Å²) in [6.45, 7) is 8.52. The highest BCUT2D eigenvalue weighted by Crippen LogP contribution is 2.46. The molecule has 2 N–H and O–H groups in total. The Bertz CT molecular complexity index is 1540. The number of nitrogens with two attached hydrogens (primary N) is 1. The average Bonchev–Trinajstić information content (AvgIpc) is 3.03. The minimum atomic E-state index is -0.883. The van der Waals surface area contributed by atoms with Crippen molar-refractivity contribution in [3.63, 3.8) is 0 Å². The van der Waals surface area contributed by atoms with E-state index in [4.69, 9.17) is 28.9 Å². The zero-order valence-corrected chi connectivity index (χ0v) is 23.0. The monoisotopic (exact) mass is 579 g/mol. The number of rotatable bonds is 3. The Labute approximate surface area is 232 Å². The predicted molar refractivity (Wildman–Crippen MR) is 148 cm³/mol. The van der Waals surface area contributed by atoms with Gasteiger partial charge in [0.05, 0.1) is 15.6 Å². The number of carbonyl (C=O) groups is 1. The van der Waals surface area contributed by atoms with Crippen molar-refractivity contribution in [3.05, 3.63) is 63.0 Å². The van der Waals surface area contributed by atoms with E-state index in [9.17, 15) is 14.0 Å². The van der Waals surface area contributed by atoms with Gasteiger partial charge in [0.2, 0.25) is 5.91 Å². The summed E-state index contributed by atoms with van der Waals surface area (Å²) < 4.78 is 30.5. The number of hydrogen-bond donors (Lipinski definition) is 1. The number of amides is 1. The lowest BCUT2D eigenvalue weighted by atomic mass is 10.0. The lowest BCUT2D eigenvalue weighted by Gasteiger charge is -2.44. The average molecular weight is 580 g/mol. The molecule has 12 heteroatoms. The molecule has 0 radical (unpaired) electrons. The van der Waals surface area contributed by atoms with Gasteiger partial charge in [0, 0.05) is 71.0 Å². The van der Waals surface area contributed by atoms with Crippen molar-refractivity contribution in [2.45, 2.75) is 43.4 Å². The second-order valence-corrected chi connectivity index (χ2v) is 11.5. The molecule has 0 bridgehead atoms. The highest BCUT2D eigenvalue weighted by Gasteiger charge is 2.35. The molecule has 0 spiro atoms. The summed E-state index contributed by atoms with van der Waals surface area (Å²) in [6, 6.07) is 2.85. The van der Waals surface area contributed by atoms with Gasteiger partial charge in [0.25, 0.3) is 0 Å². The van der Waals surface area contributed by atoms with Crippen molar-refractivity contribution in [2.75, 3.05) is 23.7 Å². The Morgan fingerprint density at radius 3 is 2.47 bits per heavy atom. The lowest BCUT2D eigenvalue weighted by molar-refractivity contribution is -0.130. The third-order valence-electron chi connectivity index (χ3n) is 6.94. The predicted octanol–water partition coefficient (Wildman–Crippen LogP) is 4.69. The van der Waals surface area contributed by atoms with Crippen LogP contribution in [0.15, 0.2) is 40.5 Å². The number of thioether (sulfide) groups is 1. The first-order chi connectivity index (χ1) is 18.0. The van der Waals surface area contributed by atoms with Crippen molar-refractivity contribution in [3.8, 4) is 11.1 Å². The molecule has 3 heterocycles. The van der Waals surface area contributed by atoms with E-state index in [1.54, 1.807) is 11.0 Å². The van der Waals surface area contributed by atoms with Crippen molar-refractivity contribution < 1.29 is 13.6 Å². The largest absolute Gasteiger partial charge is 0.352 e. The number of aromatic nitrogens is 2. The Kier molecular flexibility index (Phi) is 7.19. The molecule has 38 heavy (non-hydrogen) atoms. The Hall–Kier alpha value is -2.66. The fourth-order valence-electron chi connectivity index (χ4n) is 5.39. The Morgan fingerprint density at radius 1 is 1.13 bits per heavy atom. The molecule has 2 aliphatic heterocycles. The quantitative estimate of drug-likeness (QED) is 0.358. The van der Waals surface area contributed by atoms with Gasteiger partial charge in [-0.2, -0.15) is 4.98 Å².